The minimum Gasteiger partial charge on any atom is -0.495 e. The summed E-state index contributed by atoms with van der Waals surface area (Å²) in [6.07, 6.45) is -1.63. The van der Waals surface area contributed by atoms with E-state index in [1.54, 1.807) is 12.1 Å². The standard InChI is InChI=1S/C15H11F3N4O2/c1-24-12-5-4-9(15(16,17)18)7-10(12)21-14(23)11-8-22-13(20-11)3-2-6-19-22/h2-8H,1H3,(H,21,23). The monoisotopic (exact) mass is 336 g/mol. The van der Waals surface area contributed by atoms with Crippen molar-refractivity contribution < 1.29 is 22.7 Å². The van der Waals surface area contributed by atoms with Gasteiger partial charge < -0.3 is 10.1 Å². The zero-order chi connectivity index (χ0) is 17.3. The molecule has 0 aliphatic rings. The van der Waals surface area contributed by atoms with Crippen molar-refractivity contribution >= 4 is 17.2 Å². The normalized spacial score (nSPS) is 11.5. The largest absolute Gasteiger partial charge is 0.495 e. The first-order valence-corrected chi connectivity index (χ1v) is 6.75. The van der Waals surface area contributed by atoms with Crippen LogP contribution in [0.5, 0.6) is 5.75 Å². The number of rotatable bonds is 3. The lowest BCUT2D eigenvalue weighted by Gasteiger charge is -2.13. The summed E-state index contributed by atoms with van der Waals surface area (Å²) in [4.78, 5) is 16.3. The minimum absolute atomic E-state index is 0.0214. The molecule has 0 fully saturated rings. The molecule has 0 saturated heterocycles. The Morgan fingerprint density at radius 2 is 2.08 bits per heavy atom. The van der Waals surface area contributed by atoms with Crippen LogP contribution in [0.4, 0.5) is 18.9 Å². The number of carbonyl (C=O) groups excluding carboxylic acids is 1. The lowest BCUT2D eigenvalue weighted by Crippen LogP contribution is -2.14. The molecule has 1 N–H and O–H groups in total. The fourth-order valence-corrected chi connectivity index (χ4v) is 2.11. The summed E-state index contributed by atoms with van der Waals surface area (Å²) in [7, 11) is 1.30. The Labute approximate surface area is 133 Å². The fourth-order valence-electron chi connectivity index (χ4n) is 2.11. The van der Waals surface area contributed by atoms with Gasteiger partial charge in [-0.15, -0.1) is 0 Å². The second kappa shape index (κ2) is 5.84. The Bertz CT molecular complexity index is 872. The number of nitrogens with one attached hydrogen (secondary N) is 1. The summed E-state index contributed by atoms with van der Waals surface area (Å²) in [6.45, 7) is 0. The minimum atomic E-state index is -4.53. The molecule has 0 radical (unpaired) electrons. The van der Waals surface area contributed by atoms with E-state index in [1.807, 2.05) is 0 Å². The van der Waals surface area contributed by atoms with Crippen LogP contribution in [-0.2, 0) is 6.18 Å². The molecule has 1 aromatic carbocycles. The number of carbonyl (C=O) groups is 1. The molecular formula is C15H11F3N4O2. The average molecular weight is 336 g/mol. The SMILES string of the molecule is COc1ccc(C(F)(F)F)cc1NC(=O)c1cn2ncccc2n1. The van der Waals surface area contributed by atoms with E-state index in [1.165, 1.54) is 24.0 Å². The molecule has 0 aliphatic carbocycles. The molecule has 0 atom stereocenters. The van der Waals surface area contributed by atoms with Crippen LogP contribution in [0.15, 0.2) is 42.7 Å². The summed E-state index contributed by atoms with van der Waals surface area (Å²) in [5.74, 6) is -0.559. The number of fused-ring (bicyclic) bond motifs is 1. The maximum Gasteiger partial charge on any atom is 0.416 e. The smallest absolute Gasteiger partial charge is 0.416 e. The van der Waals surface area contributed by atoms with Gasteiger partial charge in [0, 0.05) is 6.20 Å². The molecular weight excluding hydrogens is 325 g/mol. The summed E-state index contributed by atoms with van der Waals surface area (Å²) in [5.41, 5.74) is -0.524. The van der Waals surface area contributed by atoms with E-state index in [2.05, 4.69) is 15.4 Å². The van der Waals surface area contributed by atoms with Gasteiger partial charge in [-0.05, 0) is 30.3 Å². The number of hydrogen-bond acceptors (Lipinski definition) is 4. The second-order valence-corrected chi connectivity index (χ2v) is 4.82. The van der Waals surface area contributed by atoms with Crippen LogP contribution < -0.4 is 10.1 Å². The van der Waals surface area contributed by atoms with Crippen molar-refractivity contribution in [1.29, 1.82) is 0 Å². The summed E-state index contributed by atoms with van der Waals surface area (Å²) in [5, 5.41) is 6.36. The molecule has 124 valence electrons. The number of methoxy groups -OCH3 is 1. The maximum absolute atomic E-state index is 12.8. The number of hydrogen-bond donors (Lipinski definition) is 1. The first-order valence-electron chi connectivity index (χ1n) is 6.75. The Kier molecular flexibility index (Phi) is 3.84. The highest BCUT2D eigenvalue weighted by atomic mass is 19.4. The first-order chi connectivity index (χ1) is 11.4. The van der Waals surface area contributed by atoms with E-state index in [4.69, 9.17) is 4.74 Å². The number of benzene rings is 1. The highest BCUT2D eigenvalue weighted by Crippen LogP contribution is 2.35. The van der Waals surface area contributed by atoms with E-state index in [-0.39, 0.29) is 17.1 Å². The van der Waals surface area contributed by atoms with E-state index >= 15 is 0 Å². The molecule has 0 bridgehead atoms. The van der Waals surface area contributed by atoms with E-state index in [9.17, 15) is 18.0 Å². The zero-order valence-electron chi connectivity index (χ0n) is 12.3. The number of ether oxygens (including phenoxy) is 1. The van der Waals surface area contributed by atoms with Crippen LogP contribution in [0.25, 0.3) is 5.65 Å². The van der Waals surface area contributed by atoms with Crippen LogP contribution in [0.1, 0.15) is 16.1 Å². The highest BCUT2D eigenvalue weighted by Gasteiger charge is 2.31. The topological polar surface area (TPSA) is 68.5 Å². The molecule has 3 rings (SSSR count). The van der Waals surface area contributed by atoms with Gasteiger partial charge in [-0.25, -0.2) is 9.50 Å². The first kappa shape index (κ1) is 15.8. The molecule has 0 spiro atoms. The zero-order valence-corrected chi connectivity index (χ0v) is 12.3. The van der Waals surface area contributed by atoms with Crippen molar-refractivity contribution in [2.45, 2.75) is 6.18 Å². The van der Waals surface area contributed by atoms with Crippen molar-refractivity contribution in [2.24, 2.45) is 0 Å². The number of imidazole rings is 1. The van der Waals surface area contributed by atoms with Gasteiger partial charge in [-0.2, -0.15) is 18.3 Å². The molecule has 6 nitrogen and oxygen atoms in total. The van der Waals surface area contributed by atoms with Gasteiger partial charge in [0.1, 0.15) is 11.4 Å². The lowest BCUT2D eigenvalue weighted by molar-refractivity contribution is -0.137. The summed E-state index contributed by atoms with van der Waals surface area (Å²) in [6, 6.07) is 6.13. The van der Waals surface area contributed by atoms with Gasteiger partial charge in [0.05, 0.1) is 24.6 Å². The fraction of sp³-hybridized carbons (Fsp3) is 0.133. The summed E-state index contributed by atoms with van der Waals surface area (Å²) >= 11 is 0. The third-order valence-electron chi connectivity index (χ3n) is 3.24. The van der Waals surface area contributed by atoms with Crippen LogP contribution in [0, 0.1) is 0 Å². The Hall–Kier alpha value is -3.10. The number of nitrogens with zero attached hydrogens (tertiary/aromatic N) is 3. The average Bonchev–Trinajstić information content (AvgIpc) is 2.98. The van der Waals surface area contributed by atoms with Gasteiger partial charge in [0.25, 0.3) is 5.91 Å². The van der Waals surface area contributed by atoms with Crippen molar-refractivity contribution in [3.05, 3.63) is 54.0 Å². The van der Waals surface area contributed by atoms with Crippen molar-refractivity contribution in [2.75, 3.05) is 12.4 Å². The van der Waals surface area contributed by atoms with E-state index in [0.717, 1.165) is 18.2 Å². The third-order valence-corrected chi connectivity index (χ3v) is 3.24. The van der Waals surface area contributed by atoms with Crippen LogP contribution >= 0.6 is 0 Å². The van der Waals surface area contributed by atoms with Gasteiger partial charge >= 0.3 is 6.18 Å². The Morgan fingerprint density at radius 3 is 2.75 bits per heavy atom. The molecule has 0 unspecified atom stereocenters. The molecule has 0 aliphatic heterocycles. The van der Waals surface area contributed by atoms with Crippen molar-refractivity contribution in [3.8, 4) is 5.75 Å². The summed E-state index contributed by atoms with van der Waals surface area (Å²) < 4.78 is 44.9. The molecule has 2 aromatic heterocycles. The van der Waals surface area contributed by atoms with Gasteiger partial charge in [-0.3, -0.25) is 4.79 Å². The van der Waals surface area contributed by atoms with Gasteiger partial charge in [-0.1, -0.05) is 0 Å². The number of amides is 1. The van der Waals surface area contributed by atoms with Gasteiger partial charge in [0.15, 0.2) is 5.65 Å². The number of anilines is 1. The van der Waals surface area contributed by atoms with Crippen LogP contribution in [-0.4, -0.2) is 27.6 Å². The maximum atomic E-state index is 12.8. The highest BCUT2D eigenvalue weighted by molar-refractivity contribution is 6.04. The molecule has 3 aromatic rings. The van der Waals surface area contributed by atoms with Crippen molar-refractivity contribution in [3.63, 3.8) is 0 Å². The quantitative estimate of drug-likeness (QED) is 0.798. The van der Waals surface area contributed by atoms with Crippen LogP contribution in [0.2, 0.25) is 0 Å². The Balaban J connectivity index is 1.93. The lowest BCUT2D eigenvalue weighted by atomic mass is 10.1. The number of halogens is 3. The molecule has 2 heterocycles. The predicted octanol–water partition coefficient (Wildman–Crippen LogP) is 3.01. The third kappa shape index (κ3) is 3.00. The molecule has 0 saturated carbocycles. The molecule has 9 heteroatoms. The van der Waals surface area contributed by atoms with E-state index in [0.29, 0.717) is 5.65 Å². The molecule has 24 heavy (non-hydrogen) atoms. The molecule has 1 amide bonds. The van der Waals surface area contributed by atoms with Gasteiger partial charge in [0.2, 0.25) is 0 Å². The van der Waals surface area contributed by atoms with Crippen molar-refractivity contribution in [1.82, 2.24) is 14.6 Å². The number of alkyl halides is 3. The van der Waals surface area contributed by atoms with Crippen LogP contribution in [0.3, 0.4) is 0 Å². The second-order valence-electron chi connectivity index (χ2n) is 4.82. The predicted molar refractivity (Wildman–Crippen MR) is 78.9 cm³/mol. The Morgan fingerprint density at radius 1 is 1.29 bits per heavy atom. The number of aromatic nitrogens is 3. The van der Waals surface area contributed by atoms with E-state index < -0.39 is 17.6 Å².